The number of aliphatic imine (C=N–C) groups is 1. The minimum atomic E-state index is -0.518. The van der Waals surface area contributed by atoms with Gasteiger partial charge in [-0.15, -0.1) is 0 Å². The molecule has 0 saturated heterocycles. The zero-order chi connectivity index (χ0) is 12.7. The molecule has 0 atom stereocenters. The molecule has 0 fully saturated rings. The lowest BCUT2D eigenvalue weighted by molar-refractivity contribution is -0.134. The Bertz CT molecular complexity index is 440. The van der Waals surface area contributed by atoms with Crippen LogP contribution in [0.3, 0.4) is 0 Å². The largest absolute Gasteiger partial charge is 0.465 e. The lowest BCUT2D eigenvalue weighted by Gasteiger charge is -1.99. The summed E-state index contributed by atoms with van der Waals surface area (Å²) >= 11 is 0. The van der Waals surface area contributed by atoms with Crippen LogP contribution < -0.4 is 0 Å². The Morgan fingerprint density at radius 1 is 1.41 bits per heavy atom. The lowest BCUT2D eigenvalue weighted by Crippen LogP contribution is -2.04. The van der Waals surface area contributed by atoms with Gasteiger partial charge in [-0.1, -0.05) is 6.07 Å². The van der Waals surface area contributed by atoms with E-state index < -0.39 is 11.9 Å². The average Bonchev–Trinajstić information content (AvgIpc) is 2.36. The van der Waals surface area contributed by atoms with Gasteiger partial charge in [0.05, 0.1) is 25.0 Å². The number of benzene rings is 1. The quantitative estimate of drug-likeness (QED) is 0.589. The summed E-state index contributed by atoms with van der Waals surface area (Å²) in [6.45, 7) is 2.01. The number of ether oxygens (including phenoxy) is 2. The van der Waals surface area contributed by atoms with E-state index in [1.807, 2.05) is 0 Å². The van der Waals surface area contributed by atoms with Gasteiger partial charge in [0, 0.05) is 0 Å². The normalized spacial score (nSPS) is 10.2. The molecular formula is C12H13NO4. The number of carbonyl (C=O) groups is 2. The van der Waals surface area contributed by atoms with E-state index in [4.69, 9.17) is 0 Å². The molecule has 0 saturated carbocycles. The molecule has 5 heteroatoms. The van der Waals surface area contributed by atoms with Gasteiger partial charge in [0.2, 0.25) is 0 Å². The highest BCUT2D eigenvalue weighted by atomic mass is 16.5. The van der Waals surface area contributed by atoms with E-state index in [1.165, 1.54) is 13.2 Å². The Balaban J connectivity index is 2.78. The predicted molar refractivity (Wildman–Crippen MR) is 62.6 cm³/mol. The fraction of sp³-hybridized carbons (Fsp3) is 0.250. The second-order valence-electron chi connectivity index (χ2n) is 3.05. The van der Waals surface area contributed by atoms with Crippen molar-refractivity contribution in [1.29, 1.82) is 0 Å². The van der Waals surface area contributed by atoms with Gasteiger partial charge in [0.15, 0.2) is 0 Å². The van der Waals surface area contributed by atoms with Crippen LogP contribution in [0.4, 0.5) is 5.69 Å². The van der Waals surface area contributed by atoms with E-state index in [1.54, 1.807) is 25.1 Å². The third-order valence-electron chi connectivity index (χ3n) is 1.87. The van der Waals surface area contributed by atoms with Gasteiger partial charge < -0.3 is 9.47 Å². The maximum Gasteiger partial charge on any atom is 0.349 e. The number of methoxy groups -OCH3 is 1. The van der Waals surface area contributed by atoms with Crippen LogP contribution in [0.5, 0.6) is 0 Å². The van der Waals surface area contributed by atoms with Crippen molar-refractivity contribution in [1.82, 2.24) is 0 Å². The molecule has 0 N–H and O–H groups in total. The van der Waals surface area contributed by atoms with E-state index in [-0.39, 0.29) is 0 Å². The van der Waals surface area contributed by atoms with Gasteiger partial charge in [-0.2, -0.15) is 0 Å². The van der Waals surface area contributed by atoms with Gasteiger partial charge in [-0.05, 0) is 25.1 Å². The Labute approximate surface area is 99.1 Å². The van der Waals surface area contributed by atoms with Crippen LogP contribution >= 0.6 is 0 Å². The van der Waals surface area contributed by atoms with Crippen molar-refractivity contribution in [3.8, 4) is 0 Å². The third kappa shape index (κ3) is 4.06. The van der Waals surface area contributed by atoms with Crippen molar-refractivity contribution >= 4 is 23.8 Å². The summed E-state index contributed by atoms with van der Waals surface area (Å²) in [6.07, 6.45) is 1.07. The second-order valence-corrected chi connectivity index (χ2v) is 3.05. The van der Waals surface area contributed by atoms with Crippen LogP contribution in [0.15, 0.2) is 29.3 Å². The van der Waals surface area contributed by atoms with Crippen molar-refractivity contribution < 1.29 is 19.1 Å². The Morgan fingerprint density at radius 2 is 2.18 bits per heavy atom. The molecule has 1 aromatic rings. The van der Waals surface area contributed by atoms with Crippen LogP contribution in [-0.4, -0.2) is 31.9 Å². The molecule has 1 rings (SSSR count). The Kier molecular flexibility index (Phi) is 4.87. The third-order valence-corrected chi connectivity index (χ3v) is 1.87. The highest BCUT2D eigenvalue weighted by Crippen LogP contribution is 2.14. The first kappa shape index (κ1) is 12.9. The first-order valence-corrected chi connectivity index (χ1v) is 5.06. The fourth-order valence-corrected chi connectivity index (χ4v) is 1.14. The molecule has 1 aromatic carbocycles. The zero-order valence-electron chi connectivity index (χ0n) is 9.67. The fourth-order valence-electron chi connectivity index (χ4n) is 1.14. The molecule has 0 aromatic heterocycles. The standard InChI is InChI=1S/C12H13NO4/c1-3-17-11(14)8-13-10-6-4-5-9(7-10)12(15)16-2/h4-8H,3H2,1-2H3. The molecule has 0 heterocycles. The van der Waals surface area contributed by atoms with Crippen molar-refractivity contribution in [3.63, 3.8) is 0 Å². The van der Waals surface area contributed by atoms with Crippen molar-refractivity contribution in [3.05, 3.63) is 29.8 Å². The number of hydrogen-bond acceptors (Lipinski definition) is 5. The molecule has 17 heavy (non-hydrogen) atoms. The van der Waals surface area contributed by atoms with Crippen molar-refractivity contribution in [2.75, 3.05) is 13.7 Å². The summed E-state index contributed by atoms with van der Waals surface area (Å²) in [5.74, 6) is -0.964. The van der Waals surface area contributed by atoms with Gasteiger partial charge in [-0.25, -0.2) is 14.6 Å². The topological polar surface area (TPSA) is 65.0 Å². The zero-order valence-corrected chi connectivity index (χ0v) is 9.67. The van der Waals surface area contributed by atoms with Gasteiger partial charge >= 0.3 is 11.9 Å². The minimum Gasteiger partial charge on any atom is -0.465 e. The van der Waals surface area contributed by atoms with Gasteiger partial charge in [-0.3, -0.25) is 0 Å². The monoisotopic (exact) mass is 235 g/mol. The first-order valence-electron chi connectivity index (χ1n) is 5.06. The number of carbonyl (C=O) groups excluding carboxylic acids is 2. The summed E-state index contributed by atoms with van der Waals surface area (Å²) < 4.78 is 9.26. The number of rotatable bonds is 4. The molecule has 0 amide bonds. The first-order chi connectivity index (χ1) is 8.17. The Morgan fingerprint density at radius 3 is 2.82 bits per heavy atom. The molecule has 0 bridgehead atoms. The number of hydrogen-bond donors (Lipinski definition) is 0. The van der Waals surface area contributed by atoms with E-state index in [9.17, 15) is 9.59 Å². The number of esters is 2. The van der Waals surface area contributed by atoms with Crippen LogP contribution in [0.1, 0.15) is 17.3 Å². The van der Waals surface area contributed by atoms with E-state index >= 15 is 0 Å². The highest BCUT2D eigenvalue weighted by molar-refractivity contribution is 6.23. The smallest absolute Gasteiger partial charge is 0.349 e. The van der Waals surface area contributed by atoms with Gasteiger partial charge in [0.1, 0.15) is 6.21 Å². The number of nitrogens with zero attached hydrogens (tertiary/aromatic N) is 1. The molecule has 5 nitrogen and oxygen atoms in total. The maximum absolute atomic E-state index is 11.2. The van der Waals surface area contributed by atoms with E-state index in [2.05, 4.69) is 14.5 Å². The van der Waals surface area contributed by atoms with Crippen LogP contribution in [-0.2, 0) is 14.3 Å². The lowest BCUT2D eigenvalue weighted by atomic mass is 10.2. The van der Waals surface area contributed by atoms with Gasteiger partial charge in [0.25, 0.3) is 0 Å². The molecule has 0 aliphatic heterocycles. The SMILES string of the molecule is CCOC(=O)C=Nc1cccc(C(=O)OC)c1. The predicted octanol–water partition coefficient (Wildman–Crippen LogP) is 1.74. The maximum atomic E-state index is 11.2. The molecule has 0 aliphatic carbocycles. The van der Waals surface area contributed by atoms with Crippen LogP contribution in [0.2, 0.25) is 0 Å². The molecule has 90 valence electrons. The summed E-state index contributed by atoms with van der Waals surface area (Å²) in [5, 5.41) is 0. The molecular weight excluding hydrogens is 222 g/mol. The summed E-state index contributed by atoms with van der Waals surface area (Å²) in [5.41, 5.74) is 0.868. The Hall–Kier alpha value is -2.17. The highest BCUT2D eigenvalue weighted by Gasteiger charge is 2.04. The molecule has 0 radical (unpaired) electrons. The summed E-state index contributed by atoms with van der Waals surface area (Å²) in [7, 11) is 1.30. The minimum absolute atomic E-state index is 0.299. The van der Waals surface area contributed by atoms with Crippen molar-refractivity contribution in [2.24, 2.45) is 4.99 Å². The average molecular weight is 235 g/mol. The van der Waals surface area contributed by atoms with Crippen LogP contribution in [0, 0.1) is 0 Å². The summed E-state index contributed by atoms with van der Waals surface area (Å²) in [4.78, 5) is 26.2. The van der Waals surface area contributed by atoms with E-state index in [0.717, 1.165) is 6.21 Å². The second kappa shape index (κ2) is 6.42. The van der Waals surface area contributed by atoms with Crippen molar-refractivity contribution in [2.45, 2.75) is 6.92 Å². The molecule has 0 aliphatic rings. The molecule has 0 unspecified atom stereocenters. The van der Waals surface area contributed by atoms with E-state index in [0.29, 0.717) is 17.9 Å². The molecule has 0 spiro atoms. The summed E-state index contributed by atoms with van der Waals surface area (Å²) in [6, 6.07) is 6.46. The van der Waals surface area contributed by atoms with Crippen LogP contribution in [0.25, 0.3) is 0 Å².